The van der Waals surface area contributed by atoms with E-state index in [0.717, 1.165) is 17.0 Å². The van der Waals surface area contributed by atoms with Gasteiger partial charge in [0.2, 0.25) is 0 Å². The molecule has 0 aliphatic carbocycles. The van der Waals surface area contributed by atoms with Crippen LogP contribution in [0.25, 0.3) is 0 Å². The van der Waals surface area contributed by atoms with Crippen LogP contribution in [-0.4, -0.2) is 35.4 Å². The average Bonchev–Trinajstić information content (AvgIpc) is 2.71. The van der Waals surface area contributed by atoms with Crippen LogP contribution in [0.1, 0.15) is 41.2 Å². The van der Waals surface area contributed by atoms with Gasteiger partial charge >= 0.3 is 5.97 Å². The van der Waals surface area contributed by atoms with Crippen LogP contribution in [0.2, 0.25) is 0 Å². The summed E-state index contributed by atoms with van der Waals surface area (Å²) >= 11 is 4.95. The van der Waals surface area contributed by atoms with E-state index in [1.165, 1.54) is 0 Å². The van der Waals surface area contributed by atoms with E-state index >= 15 is 0 Å². The molecule has 20 heavy (non-hydrogen) atoms. The molecule has 0 aliphatic rings. The number of H-pyrrole nitrogens is 1. The monoisotopic (exact) mass is 296 g/mol. The number of carbonyl (C=O) groups is 1. The number of hydrogen-bond acceptors (Lipinski definition) is 4. The van der Waals surface area contributed by atoms with Crippen LogP contribution in [-0.2, 0) is 4.74 Å². The lowest BCUT2D eigenvalue weighted by molar-refractivity contribution is 0.0525. The molecule has 0 fully saturated rings. The van der Waals surface area contributed by atoms with Gasteiger partial charge in [-0.2, -0.15) is 5.10 Å². The Labute approximate surface area is 124 Å². The van der Waals surface area contributed by atoms with Crippen molar-refractivity contribution in [1.29, 1.82) is 0 Å². The lowest BCUT2D eigenvalue weighted by atomic mass is 10.1. The van der Waals surface area contributed by atoms with Crippen LogP contribution in [0, 0.1) is 13.8 Å². The normalized spacial score (nSPS) is 11.2. The third-order valence-electron chi connectivity index (χ3n) is 2.83. The predicted octanol–water partition coefficient (Wildman–Crippen LogP) is 1.63. The van der Waals surface area contributed by atoms with Gasteiger partial charge < -0.3 is 15.0 Å². The summed E-state index contributed by atoms with van der Waals surface area (Å²) in [5, 5.41) is 7.36. The summed E-state index contributed by atoms with van der Waals surface area (Å²) in [5.74, 6) is -0.323. The first-order valence-electron chi connectivity index (χ1n) is 6.31. The van der Waals surface area contributed by atoms with Gasteiger partial charge in [-0.25, -0.2) is 4.79 Å². The topological polar surface area (TPSA) is 78.5 Å². The second-order valence-corrected chi connectivity index (χ2v) is 4.64. The zero-order valence-electron chi connectivity index (χ0n) is 12.4. The lowest BCUT2D eigenvalue weighted by Gasteiger charge is -2.04. The van der Waals surface area contributed by atoms with Crippen LogP contribution in [0.4, 0.5) is 0 Å². The van der Waals surface area contributed by atoms with Crippen molar-refractivity contribution in [3.63, 3.8) is 0 Å². The Morgan fingerprint density at radius 3 is 2.65 bits per heavy atom. The maximum absolute atomic E-state index is 11.9. The molecule has 0 unspecified atom stereocenters. The third-order valence-corrected chi connectivity index (χ3v) is 3.13. The summed E-state index contributed by atoms with van der Waals surface area (Å²) in [4.78, 5) is 15.1. The van der Waals surface area contributed by atoms with Crippen molar-refractivity contribution in [3.8, 4) is 0 Å². The van der Waals surface area contributed by atoms with Gasteiger partial charge in [-0.3, -0.25) is 5.43 Å². The van der Waals surface area contributed by atoms with Crippen molar-refractivity contribution in [2.75, 3.05) is 13.7 Å². The Morgan fingerprint density at radius 1 is 1.45 bits per heavy atom. The first-order chi connectivity index (χ1) is 9.42. The highest BCUT2D eigenvalue weighted by Crippen LogP contribution is 2.19. The van der Waals surface area contributed by atoms with Gasteiger partial charge in [0.25, 0.3) is 0 Å². The number of ether oxygens (including phenoxy) is 1. The summed E-state index contributed by atoms with van der Waals surface area (Å²) in [6, 6.07) is 0. The zero-order chi connectivity index (χ0) is 15.3. The number of aryl methyl sites for hydroxylation is 1. The minimum Gasteiger partial charge on any atom is -0.462 e. The Balaban J connectivity index is 3.06. The molecule has 1 heterocycles. The number of nitrogens with one attached hydrogen (secondary N) is 3. The molecule has 0 atom stereocenters. The Bertz CT molecular complexity index is 549. The number of carbonyl (C=O) groups excluding carboxylic acids is 1. The number of nitrogens with zero attached hydrogens (tertiary/aromatic N) is 1. The second kappa shape index (κ2) is 7.04. The number of aromatic amines is 1. The van der Waals surface area contributed by atoms with Gasteiger partial charge in [0.15, 0.2) is 5.11 Å². The SMILES string of the molecule is CCOC(=O)c1c(C)[nH]c(/C(C)=N/NC(=S)NC)c1C. The van der Waals surface area contributed by atoms with Gasteiger partial charge in [0.05, 0.1) is 23.6 Å². The molecule has 0 radical (unpaired) electrons. The molecule has 0 amide bonds. The highest BCUT2D eigenvalue weighted by Gasteiger charge is 2.20. The zero-order valence-corrected chi connectivity index (χ0v) is 13.2. The molecule has 110 valence electrons. The number of aromatic nitrogens is 1. The number of esters is 1. The number of thiocarbonyl (C=S) groups is 1. The van der Waals surface area contributed by atoms with Crippen LogP contribution in [0.15, 0.2) is 5.10 Å². The maximum Gasteiger partial charge on any atom is 0.340 e. The van der Waals surface area contributed by atoms with Crippen LogP contribution >= 0.6 is 12.2 Å². The molecule has 0 saturated heterocycles. The van der Waals surface area contributed by atoms with E-state index in [1.54, 1.807) is 14.0 Å². The fraction of sp³-hybridized carbons (Fsp3) is 0.462. The Kier molecular flexibility index (Phi) is 5.69. The molecule has 0 aromatic carbocycles. The van der Waals surface area contributed by atoms with E-state index in [0.29, 0.717) is 23.0 Å². The van der Waals surface area contributed by atoms with Crippen molar-refractivity contribution >= 4 is 29.0 Å². The molecule has 0 bridgehead atoms. The van der Waals surface area contributed by atoms with Gasteiger partial charge in [-0.1, -0.05) is 0 Å². The fourth-order valence-electron chi connectivity index (χ4n) is 1.87. The largest absolute Gasteiger partial charge is 0.462 e. The molecule has 1 rings (SSSR count). The number of rotatable bonds is 4. The Hall–Kier alpha value is -1.89. The molecule has 1 aromatic rings. The van der Waals surface area contributed by atoms with Crippen molar-refractivity contribution < 1.29 is 9.53 Å². The van der Waals surface area contributed by atoms with Crippen molar-refractivity contribution in [3.05, 3.63) is 22.5 Å². The van der Waals surface area contributed by atoms with E-state index in [-0.39, 0.29) is 5.97 Å². The van der Waals surface area contributed by atoms with E-state index in [2.05, 4.69) is 20.8 Å². The highest BCUT2D eigenvalue weighted by atomic mass is 32.1. The standard InChI is InChI=1S/C13H20N4O2S/c1-6-19-12(18)10-7(2)11(15-8(10)3)9(4)16-17-13(20)14-5/h15H,6H2,1-5H3,(H2,14,17,20)/b16-9+. The van der Waals surface area contributed by atoms with E-state index in [9.17, 15) is 4.79 Å². The van der Waals surface area contributed by atoms with Gasteiger partial charge in [0, 0.05) is 12.7 Å². The molecule has 0 saturated carbocycles. The van der Waals surface area contributed by atoms with Gasteiger partial charge in [-0.15, -0.1) is 0 Å². The lowest BCUT2D eigenvalue weighted by Crippen LogP contribution is -2.29. The quantitative estimate of drug-likeness (QED) is 0.341. The van der Waals surface area contributed by atoms with E-state index < -0.39 is 0 Å². The van der Waals surface area contributed by atoms with Crippen molar-refractivity contribution in [2.24, 2.45) is 5.10 Å². The summed E-state index contributed by atoms with van der Waals surface area (Å²) in [6.45, 7) is 7.66. The molecule has 0 aliphatic heterocycles. The van der Waals surface area contributed by atoms with Crippen LogP contribution in [0.5, 0.6) is 0 Å². The minimum atomic E-state index is -0.323. The molecule has 0 spiro atoms. The smallest absolute Gasteiger partial charge is 0.340 e. The first kappa shape index (κ1) is 16.2. The number of hydrogen-bond donors (Lipinski definition) is 3. The van der Waals surface area contributed by atoms with Crippen LogP contribution < -0.4 is 10.7 Å². The first-order valence-corrected chi connectivity index (χ1v) is 6.71. The molecule has 6 nitrogen and oxygen atoms in total. The fourth-order valence-corrected chi connectivity index (χ4v) is 1.91. The van der Waals surface area contributed by atoms with E-state index in [1.807, 2.05) is 20.8 Å². The van der Waals surface area contributed by atoms with Crippen molar-refractivity contribution in [2.45, 2.75) is 27.7 Å². The third kappa shape index (κ3) is 3.57. The summed E-state index contributed by atoms with van der Waals surface area (Å²) in [5.41, 5.74) is 6.36. The molecular formula is C13H20N4O2S. The second-order valence-electron chi connectivity index (χ2n) is 4.23. The summed E-state index contributed by atoms with van der Waals surface area (Å²) in [7, 11) is 1.71. The van der Waals surface area contributed by atoms with E-state index in [4.69, 9.17) is 17.0 Å². The van der Waals surface area contributed by atoms with Crippen LogP contribution in [0.3, 0.4) is 0 Å². The predicted molar refractivity (Wildman–Crippen MR) is 83.2 cm³/mol. The Morgan fingerprint density at radius 2 is 2.10 bits per heavy atom. The summed E-state index contributed by atoms with van der Waals surface area (Å²) in [6.07, 6.45) is 0. The minimum absolute atomic E-state index is 0.323. The molecule has 3 N–H and O–H groups in total. The van der Waals surface area contributed by atoms with Gasteiger partial charge in [-0.05, 0) is 45.5 Å². The van der Waals surface area contributed by atoms with Crippen molar-refractivity contribution in [1.82, 2.24) is 15.7 Å². The highest BCUT2D eigenvalue weighted by molar-refractivity contribution is 7.80. The number of hydrazone groups is 1. The van der Waals surface area contributed by atoms with Gasteiger partial charge in [0.1, 0.15) is 0 Å². The summed E-state index contributed by atoms with van der Waals surface area (Å²) < 4.78 is 5.05. The maximum atomic E-state index is 11.9. The molecule has 7 heteroatoms. The molecular weight excluding hydrogens is 276 g/mol. The average molecular weight is 296 g/mol. The molecule has 1 aromatic heterocycles.